The molecule has 1 atom stereocenters. The van der Waals surface area contributed by atoms with Gasteiger partial charge in [0.2, 0.25) is 5.91 Å². The largest absolute Gasteiger partial charge is 0.481 e. The summed E-state index contributed by atoms with van der Waals surface area (Å²) in [6.07, 6.45) is -0.191. The second-order valence-electron chi connectivity index (χ2n) is 3.91. The van der Waals surface area contributed by atoms with Gasteiger partial charge in [-0.2, -0.15) is 0 Å². The molecule has 19 heavy (non-hydrogen) atoms. The van der Waals surface area contributed by atoms with Crippen LogP contribution >= 0.6 is 0 Å². The first-order valence-electron chi connectivity index (χ1n) is 5.51. The topological polar surface area (TPSA) is 130 Å². The number of benzene rings is 1. The lowest BCUT2D eigenvalue weighted by Crippen LogP contribution is -2.36. The van der Waals surface area contributed by atoms with Gasteiger partial charge >= 0.3 is 11.9 Å². The molecule has 7 nitrogen and oxygen atoms in total. The number of nitrogens with one attached hydrogen (secondary N) is 1. The third-order valence-corrected chi connectivity index (χ3v) is 2.38. The first kappa shape index (κ1) is 14.7. The lowest BCUT2D eigenvalue weighted by atomic mass is 10.1. The summed E-state index contributed by atoms with van der Waals surface area (Å²) in [6.45, 7) is 0. The Hall–Kier alpha value is -2.41. The molecule has 1 rings (SSSR count). The number of aliphatic carboxylic acids is 1. The fourth-order valence-corrected chi connectivity index (χ4v) is 1.38. The molecule has 0 fully saturated rings. The van der Waals surface area contributed by atoms with Gasteiger partial charge in [0.05, 0.1) is 11.6 Å². The van der Waals surface area contributed by atoms with E-state index in [9.17, 15) is 14.4 Å². The predicted octanol–water partition coefficient (Wildman–Crippen LogP) is 0.515. The van der Waals surface area contributed by atoms with Gasteiger partial charge in [-0.05, 0) is 24.6 Å². The van der Waals surface area contributed by atoms with E-state index in [1.54, 1.807) is 0 Å². The molecule has 102 valence electrons. The van der Waals surface area contributed by atoms with Crippen molar-refractivity contribution in [2.24, 2.45) is 5.73 Å². The zero-order valence-electron chi connectivity index (χ0n) is 10.00. The fraction of sp³-hybridized carbons (Fsp3) is 0.250. The van der Waals surface area contributed by atoms with Crippen molar-refractivity contribution in [1.82, 2.24) is 0 Å². The normalized spacial score (nSPS) is 11.6. The van der Waals surface area contributed by atoms with Crippen molar-refractivity contribution < 1.29 is 24.6 Å². The van der Waals surface area contributed by atoms with Gasteiger partial charge in [0.1, 0.15) is 0 Å². The van der Waals surface area contributed by atoms with Crippen LogP contribution in [-0.4, -0.2) is 34.1 Å². The van der Waals surface area contributed by atoms with Crippen LogP contribution in [0.5, 0.6) is 0 Å². The Labute approximate surface area is 109 Å². The molecule has 0 bridgehead atoms. The number of hydrogen-bond donors (Lipinski definition) is 4. The molecule has 0 aliphatic carbocycles. The second kappa shape index (κ2) is 6.50. The number of carbonyl (C=O) groups excluding carboxylic acids is 1. The van der Waals surface area contributed by atoms with Crippen LogP contribution in [0.1, 0.15) is 23.2 Å². The predicted molar refractivity (Wildman–Crippen MR) is 66.9 cm³/mol. The molecule has 0 aromatic heterocycles. The number of rotatable bonds is 6. The van der Waals surface area contributed by atoms with Crippen LogP contribution in [0.2, 0.25) is 0 Å². The van der Waals surface area contributed by atoms with E-state index in [1.807, 2.05) is 0 Å². The van der Waals surface area contributed by atoms with E-state index in [0.29, 0.717) is 5.69 Å². The molecule has 0 aliphatic rings. The highest BCUT2D eigenvalue weighted by molar-refractivity contribution is 5.96. The quantitative estimate of drug-likeness (QED) is 0.593. The molecule has 0 heterocycles. The Morgan fingerprint density at radius 2 is 1.95 bits per heavy atom. The van der Waals surface area contributed by atoms with Gasteiger partial charge in [-0.3, -0.25) is 9.59 Å². The van der Waals surface area contributed by atoms with Crippen molar-refractivity contribution in [1.29, 1.82) is 0 Å². The molecule has 1 amide bonds. The van der Waals surface area contributed by atoms with E-state index in [-0.39, 0.29) is 18.4 Å². The summed E-state index contributed by atoms with van der Waals surface area (Å²) in [5, 5.41) is 19.7. The smallest absolute Gasteiger partial charge is 0.335 e. The zero-order chi connectivity index (χ0) is 14.4. The Bertz CT molecular complexity index is 501. The van der Waals surface area contributed by atoms with E-state index in [1.165, 1.54) is 24.3 Å². The summed E-state index contributed by atoms with van der Waals surface area (Å²) in [4.78, 5) is 32.7. The average molecular weight is 266 g/mol. The van der Waals surface area contributed by atoms with Gasteiger partial charge in [-0.15, -0.1) is 0 Å². The number of amides is 1. The summed E-state index contributed by atoms with van der Waals surface area (Å²) < 4.78 is 0. The Balaban J connectivity index is 2.63. The molecule has 0 spiro atoms. The molecular weight excluding hydrogens is 252 g/mol. The van der Waals surface area contributed by atoms with Crippen LogP contribution in [0.4, 0.5) is 5.69 Å². The van der Waals surface area contributed by atoms with Gasteiger partial charge in [0.15, 0.2) is 0 Å². The number of nitrogens with two attached hydrogens (primary N) is 1. The van der Waals surface area contributed by atoms with Crippen LogP contribution in [-0.2, 0) is 9.59 Å². The lowest BCUT2D eigenvalue weighted by Gasteiger charge is -2.11. The van der Waals surface area contributed by atoms with Crippen molar-refractivity contribution in [2.45, 2.75) is 18.9 Å². The van der Waals surface area contributed by atoms with E-state index in [4.69, 9.17) is 15.9 Å². The highest BCUT2D eigenvalue weighted by atomic mass is 16.4. The molecule has 0 aliphatic heterocycles. The third kappa shape index (κ3) is 4.76. The van der Waals surface area contributed by atoms with Crippen LogP contribution in [0.15, 0.2) is 24.3 Å². The highest BCUT2D eigenvalue weighted by Gasteiger charge is 2.15. The van der Waals surface area contributed by atoms with Gasteiger partial charge in [-0.25, -0.2) is 4.79 Å². The van der Waals surface area contributed by atoms with Crippen molar-refractivity contribution >= 4 is 23.5 Å². The van der Waals surface area contributed by atoms with E-state index in [0.717, 1.165) is 0 Å². The first-order chi connectivity index (χ1) is 8.90. The van der Waals surface area contributed by atoms with Gasteiger partial charge in [0, 0.05) is 12.1 Å². The molecule has 0 radical (unpaired) electrons. The summed E-state index contributed by atoms with van der Waals surface area (Å²) in [7, 11) is 0. The van der Waals surface area contributed by atoms with Crippen LogP contribution in [0, 0.1) is 0 Å². The van der Waals surface area contributed by atoms with Crippen LogP contribution < -0.4 is 11.1 Å². The molecule has 0 saturated heterocycles. The minimum atomic E-state index is -1.11. The Kier molecular flexibility index (Phi) is 5.01. The monoisotopic (exact) mass is 266 g/mol. The van der Waals surface area contributed by atoms with Crippen molar-refractivity contribution in [3.63, 3.8) is 0 Å². The Morgan fingerprint density at radius 1 is 1.26 bits per heavy atom. The van der Waals surface area contributed by atoms with Crippen molar-refractivity contribution in [3.8, 4) is 0 Å². The molecule has 1 aromatic rings. The minimum Gasteiger partial charge on any atom is -0.481 e. The van der Waals surface area contributed by atoms with Crippen molar-refractivity contribution in [3.05, 3.63) is 29.8 Å². The highest BCUT2D eigenvalue weighted by Crippen LogP contribution is 2.11. The molecule has 0 saturated carbocycles. The van der Waals surface area contributed by atoms with Crippen LogP contribution in [0.3, 0.4) is 0 Å². The minimum absolute atomic E-state index is 0.0137. The van der Waals surface area contributed by atoms with Gasteiger partial charge in [-0.1, -0.05) is 6.07 Å². The summed E-state index contributed by atoms with van der Waals surface area (Å²) in [5.74, 6) is -2.69. The lowest BCUT2D eigenvalue weighted by molar-refractivity contribution is -0.137. The number of anilines is 1. The summed E-state index contributed by atoms with van der Waals surface area (Å²) in [5.41, 5.74) is 5.86. The zero-order valence-corrected chi connectivity index (χ0v) is 10.00. The molecule has 1 aromatic carbocycles. The number of carboxylic acids is 2. The summed E-state index contributed by atoms with van der Waals surface area (Å²) in [6, 6.07) is 4.74. The van der Waals surface area contributed by atoms with Crippen molar-refractivity contribution in [2.75, 3.05) is 5.32 Å². The maximum atomic E-state index is 11.6. The SMILES string of the molecule is N[C@@H](CCC(=O)O)C(=O)Nc1cccc(C(=O)O)c1. The molecule has 0 unspecified atom stereocenters. The van der Waals surface area contributed by atoms with E-state index in [2.05, 4.69) is 5.32 Å². The first-order valence-corrected chi connectivity index (χ1v) is 5.51. The molecular formula is C12H14N2O5. The number of carbonyl (C=O) groups is 3. The maximum absolute atomic E-state index is 11.6. The van der Waals surface area contributed by atoms with Gasteiger partial charge in [0.25, 0.3) is 0 Å². The number of aromatic carboxylic acids is 1. The van der Waals surface area contributed by atoms with E-state index >= 15 is 0 Å². The van der Waals surface area contributed by atoms with E-state index < -0.39 is 23.9 Å². The average Bonchev–Trinajstić information content (AvgIpc) is 2.36. The Morgan fingerprint density at radius 3 is 2.53 bits per heavy atom. The maximum Gasteiger partial charge on any atom is 0.335 e. The third-order valence-electron chi connectivity index (χ3n) is 2.38. The molecule has 5 N–H and O–H groups in total. The number of carboxylic acid groups (broad SMARTS) is 2. The summed E-state index contributed by atoms with van der Waals surface area (Å²) >= 11 is 0. The molecule has 7 heteroatoms. The standard InChI is InChI=1S/C12H14N2O5/c13-9(4-5-10(15)16)11(17)14-8-3-1-2-7(6-8)12(18)19/h1-3,6,9H,4-5,13H2,(H,14,17)(H,15,16)(H,18,19)/t9-/m0/s1. The second-order valence-corrected chi connectivity index (χ2v) is 3.91. The van der Waals surface area contributed by atoms with Gasteiger partial charge < -0.3 is 21.3 Å². The fourth-order valence-electron chi connectivity index (χ4n) is 1.38. The number of hydrogen-bond acceptors (Lipinski definition) is 4. The van der Waals surface area contributed by atoms with Crippen LogP contribution in [0.25, 0.3) is 0 Å².